The molecular formula is C15H17N. The number of nitrogens with one attached hydrogen (secondary N) is 1. The van der Waals surface area contributed by atoms with Crippen LogP contribution in [0.2, 0.25) is 0 Å². The van der Waals surface area contributed by atoms with Crippen molar-refractivity contribution in [1.82, 2.24) is 4.98 Å². The molecule has 3 rings (SSSR count). The third kappa shape index (κ3) is 1.78. The molecule has 0 radical (unpaired) electrons. The van der Waals surface area contributed by atoms with Crippen molar-refractivity contribution in [2.45, 2.75) is 31.6 Å². The van der Waals surface area contributed by atoms with E-state index in [2.05, 4.69) is 47.6 Å². The molecule has 1 atom stereocenters. The summed E-state index contributed by atoms with van der Waals surface area (Å²) in [5, 5.41) is 0. The number of aromatic nitrogens is 1. The first kappa shape index (κ1) is 9.71. The Balaban J connectivity index is 1.83. The van der Waals surface area contributed by atoms with Gasteiger partial charge in [0, 0.05) is 11.9 Å². The van der Waals surface area contributed by atoms with Gasteiger partial charge in [0.2, 0.25) is 0 Å². The minimum atomic E-state index is 0.720. The van der Waals surface area contributed by atoms with Gasteiger partial charge in [0.15, 0.2) is 0 Å². The summed E-state index contributed by atoms with van der Waals surface area (Å²) in [6.07, 6.45) is 7.16. The fourth-order valence-electron chi connectivity index (χ4n) is 2.81. The topological polar surface area (TPSA) is 15.8 Å². The largest absolute Gasteiger partial charge is 0.365 e. The first-order valence-corrected chi connectivity index (χ1v) is 6.13. The third-order valence-corrected chi connectivity index (χ3v) is 3.61. The zero-order chi connectivity index (χ0) is 10.8. The molecule has 1 aliphatic carbocycles. The average molecular weight is 211 g/mol. The molecule has 0 aliphatic heterocycles. The SMILES string of the molecule is c1ccc(CC2CCCc3[nH]ccc32)cc1. The lowest BCUT2D eigenvalue weighted by Gasteiger charge is -2.22. The molecule has 2 aromatic rings. The van der Waals surface area contributed by atoms with Crippen LogP contribution in [0, 0.1) is 0 Å². The third-order valence-electron chi connectivity index (χ3n) is 3.61. The normalized spacial score (nSPS) is 19.4. The van der Waals surface area contributed by atoms with Crippen LogP contribution in [-0.4, -0.2) is 4.98 Å². The number of hydrogen-bond donors (Lipinski definition) is 1. The van der Waals surface area contributed by atoms with Crippen LogP contribution in [0.25, 0.3) is 0 Å². The number of aryl methyl sites for hydroxylation is 1. The number of rotatable bonds is 2. The van der Waals surface area contributed by atoms with Crippen LogP contribution in [0.15, 0.2) is 42.6 Å². The Hall–Kier alpha value is -1.50. The quantitative estimate of drug-likeness (QED) is 0.780. The Bertz CT molecular complexity index is 455. The first-order valence-electron chi connectivity index (χ1n) is 6.13. The van der Waals surface area contributed by atoms with Crippen LogP contribution in [0.5, 0.6) is 0 Å². The van der Waals surface area contributed by atoms with E-state index in [0.29, 0.717) is 0 Å². The molecule has 1 nitrogen and oxygen atoms in total. The molecule has 0 saturated heterocycles. The summed E-state index contributed by atoms with van der Waals surface area (Å²) in [6, 6.07) is 13.1. The highest BCUT2D eigenvalue weighted by atomic mass is 14.7. The van der Waals surface area contributed by atoms with Crippen LogP contribution in [-0.2, 0) is 12.8 Å². The lowest BCUT2D eigenvalue weighted by molar-refractivity contribution is 0.547. The zero-order valence-electron chi connectivity index (χ0n) is 9.45. The monoisotopic (exact) mass is 211 g/mol. The van der Waals surface area contributed by atoms with Crippen molar-refractivity contribution in [2.24, 2.45) is 0 Å². The number of fused-ring (bicyclic) bond motifs is 1. The van der Waals surface area contributed by atoms with Gasteiger partial charge in [-0.1, -0.05) is 30.3 Å². The van der Waals surface area contributed by atoms with Crippen molar-refractivity contribution < 1.29 is 0 Å². The standard InChI is InChI=1S/C15H17N/c1-2-5-12(6-3-1)11-13-7-4-8-15-14(13)9-10-16-15/h1-3,5-6,9-10,13,16H,4,7-8,11H2. The van der Waals surface area contributed by atoms with E-state index in [0.717, 1.165) is 5.92 Å². The highest BCUT2D eigenvalue weighted by molar-refractivity contribution is 5.30. The van der Waals surface area contributed by atoms with E-state index in [1.165, 1.54) is 36.9 Å². The molecule has 0 amide bonds. The van der Waals surface area contributed by atoms with Gasteiger partial charge in [-0.3, -0.25) is 0 Å². The van der Waals surface area contributed by atoms with Crippen LogP contribution >= 0.6 is 0 Å². The molecule has 1 aliphatic rings. The van der Waals surface area contributed by atoms with Gasteiger partial charge in [-0.15, -0.1) is 0 Å². The predicted octanol–water partition coefficient (Wildman–Crippen LogP) is 3.68. The van der Waals surface area contributed by atoms with Crippen molar-refractivity contribution >= 4 is 0 Å². The molecule has 82 valence electrons. The summed E-state index contributed by atoms with van der Waals surface area (Å²) in [5.41, 5.74) is 4.48. The van der Waals surface area contributed by atoms with Crippen molar-refractivity contribution in [1.29, 1.82) is 0 Å². The van der Waals surface area contributed by atoms with Crippen molar-refractivity contribution in [2.75, 3.05) is 0 Å². The Morgan fingerprint density at radius 3 is 2.88 bits per heavy atom. The molecule has 1 aromatic heterocycles. The Morgan fingerprint density at radius 2 is 2.00 bits per heavy atom. The second-order valence-electron chi connectivity index (χ2n) is 4.69. The summed E-state index contributed by atoms with van der Waals surface area (Å²) in [5.74, 6) is 0.720. The molecule has 1 heterocycles. The van der Waals surface area contributed by atoms with Gasteiger partial charge in [-0.25, -0.2) is 0 Å². The summed E-state index contributed by atoms with van der Waals surface area (Å²) >= 11 is 0. The maximum atomic E-state index is 3.37. The van der Waals surface area contributed by atoms with Crippen LogP contribution in [0.4, 0.5) is 0 Å². The molecule has 1 heteroatoms. The van der Waals surface area contributed by atoms with Gasteiger partial charge in [-0.05, 0) is 48.8 Å². The molecule has 1 unspecified atom stereocenters. The highest BCUT2D eigenvalue weighted by Crippen LogP contribution is 2.33. The van der Waals surface area contributed by atoms with E-state index in [4.69, 9.17) is 0 Å². The predicted molar refractivity (Wildman–Crippen MR) is 66.6 cm³/mol. The lowest BCUT2D eigenvalue weighted by Crippen LogP contribution is -2.10. The van der Waals surface area contributed by atoms with Gasteiger partial charge in [0.25, 0.3) is 0 Å². The first-order chi connectivity index (χ1) is 7.93. The summed E-state index contributed by atoms with van der Waals surface area (Å²) < 4.78 is 0. The summed E-state index contributed by atoms with van der Waals surface area (Å²) in [7, 11) is 0. The van der Waals surface area contributed by atoms with E-state index in [9.17, 15) is 0 Å². The van der Waals surface area contributed by atoms with Gasteiger partial charge in [0.1, 0.15) is 0 Å². The van der Waals surface area contributed by atoms with E-state index in [-0.39, 0.29) is 0 Å². The van der Waals surface area contributed by atoms with Crippen LogP contribution in [0.1, 0.15) is 35.6 Å². The van der Waals surface area contributed by atoms with Crippen LogP contribution in [0.3, 0.4) is 0 Å². The molecule has 1 aromatic carbocycles. The molecule has 1 N–H and O–H groups in total. The Morgan fingerprint density at radius 1 is 1.12 bits per heavy atom. The highest BCUT2D eigenvalue weighted by Gasteiger charge is 2.20. The van der Waals surface area contributed by atoms with E-state index in [1.54, 1.807) is 5.56 Å². The number of benzene rings is 1. The molecule has 16 heavy (non-hydrogen) atoms. The summed E-state index contributed by atoms with van der Waals surface area (Å²) in [6.45, 7) is 0. The fraction of sp³-hybridized carbons (Fsp3) is 0.333. The van der Waals surface area contributed by atoms with Crippen molar-refractivity contribution in [3.05, 3.63) is 59.4 Å². The Kier molecular flexibility index (Phi) is 2.53. The molecule has 0 spiro atoms. The molecule has 0 bridgehead atoms. The average Bonchev–Trinajstić information content (AvgIpc) is 2.80. The second-order valence-corrected chi connectivity index (χ2v) is 4.69. The van der Waals surface area contributed by atoms with Crippen molar-refractivity contribution in [3.63, 3.8) is 0 Å². The van der Waals surface area contributed by atoms with E-state index < -0.39 is 0 Å². The van der Waals surface area contributed by atoms with Gasteiger partial charge < -0.3 is 4.98 Å². The molecule has 0 fully saturated rings. The number of aromatic amines is 1. The van der Waals surface area contributed by atoms with Gasteiger partial charge >= 0.3 is 0 Å². The van der Waals surface area contributed by atoms with E-state index >= 15 is 0 Å². The fourth-order valence-corrected chi connectivity index (χ4v) is 2.81. The maximum Gasteiger partial charge on any atom is 0.0182 e. The van der Waals surface area contributed by atoms with E-state index in [1.807, 2.05) is 0 Å². The number of hydrogen-bond acceptors (Lipinski definition) is 0. The second kappa shape index (κ2) is 4.17. The number of H-pyrrole nitrogens is 1. The maximum absolute atomic E-state index is 3.37. The Labute approximate surface area is 96.5 Å². The van der Waals surface area contributed by atoms with Gasteiger partial charge in [-0.2, -0.15) is 0 Å². The minimum absolute atomic E-state index is 0.720. The lowest BCUT2D eigenvalue weighted by atomic mass is 9.83. The van der Waals surface area contributed by atoms with Crippen LogP contribution < -0.4 is 0 Å². The summed E-state index contributed by atoms with van der Waals surface area (Å²) in [4.78, 5) is 3.37. The molecular weight excluding hydrogens is 194 g/mol. The molecule has 0 saturated carbocycles. The minimum Gasteiger partial charge on any atom is -0.365 e. The smallest absolute Gasteiger partial charge is 0.0182 e. The van der Waals surface area contributed by atoms with Crippen molar-refractivity contribution in [3.8, 4) is 0 Å². The van der Waals surface area contributed by atoms with Gasteiger partial charge in [0.05, 0.1) is 0 Å². The zero-order valence-corrected chi connectivity index (χ0v) is 9.45.